The van der Waals surface area contributed by atoms with Gasteiger partial charge in [-0.1, -0.05) is 0 Å². The van der Waals surface area contributed by atoms with Crippen molar-refractivity contribution in [1.29, 1.82) is 0 Å². The van der Waals surface area contributed by atoms with Crippen molar-refractivity contribution in [3.05, 3.63) is 4.13 Å². The summed E-state index contributed by atoms with van der Waals surface area (Å²) in [5, 5.41) is 0. The quantitative estimate of drug-likeness (QED) is 0.155. The van der Waals surface area contributed by atoms with Crippen LogP contribution in [0.2, 0.25) is 0 Å². The van der Waals surface area contributed by atoms with Gasteiger partial charge in [-0.05, 0) is 20.8 Å². The van der Waals surface area contributed by atoms with Gasteiger partial charge in [0, 0.05) is 14.4 Å². The summed E-state index contributed by atoms with van der Waals surface area (Å²) < 4.78 is 131. The summed E-state index contributed by atoms with van der Waals surface area (Å²) in [5.41, 5.74) is -12.4. The second kappa shape index (κ2) is 16.5. The van der Waals surface area contributed by atoms with E-state index in [9.17, 15) is 43.2 Å². The van der Waals surface area contributed by atoms with Gasteiger partial charge < -0.3 is 23.1 Å². The van der Waals surface area contributed by atoms with Crippen molar-refractivity contribution < 1.29 is 62.1 Å². The maximum absolute atomic E-state index is 11.4. The van der Waals surface area contributed by atoms with Crippen molar-refractivity contribution >= 4 is 27.3 Å². The van der Waals surface area contributed by atoms with Crippen molar-refractivity contribution in [3.63, 3.8) is 0 Å². The molecule has 0 saturated heterocycles. The summed E-state index contributed by atoms with van der Waals surface area (Å²) in [6.45, 7) is 10.7. The Kier molecular flexibility index (Phi) is 17.4. The van der Waals surface area contributed by atoms with E-state index in [1.165, 1.54) is 18.5 Å². The van der Waals surface area contributed by atoms with Gasteiger partial charge >= 0.3 is 11.0 Å². The molecule has 0 bridgehead atoms. The van der Waals surface area contributed by atoms with Crippen molar-refractivity contribution in [2.24, 2.45) is 0 Å². The van der Waals surface area contributed by atoms with Crippen LogP contribution in [-0.2, 0) is 39.0 Å². The molecule has 0 spiro atoms. The number of ether oxygens (including phenoxy) is 4. The maximum Gasteiger partial charge on any atom is 0.480 e. The fourth-order valence-electron chi connectivity index (χ4n) is 2.00. The van der Waals surface area contributed by atoms with Gasteiger partial charge in [0.05, 0.1) is 58.1 Å². The number of rotatable bonds is 16. The summed E-state index contributed by atoms with van der Waals surface area (Å²) in [6.07, 6.45) is 4.81. The molecule has 0 N–H and O–H groups in total. The molecular formula is C16H32F6NO8PS2. The Bertz CT molecular complexity index is 693. The van der Waals surface area contributed by atoms with E-state index in [1.54, 1.807) is 7.11 Å². The van der Waals surface area contributed by atoms with Crippen LogP contribution >= 0.6 is 7.26 Å². The Balaban J connectivity index is 0. The van der Waals surface area contributed by atoms with Gasteiger partial charge in [0.15, 0.2) is 26.4 Å². The molecule has 18 heteroatoms. The lowest BCUT2D eigenvalue weighted by Gasteiger charge is -2.23. The van der Waals surface area contributed by atoms with Gasteiger partial charge in [0.25, 0.3) is 0 Å². The van der Waals surface area contributed by atoms with E-state index < -0.39 is 38.3 Å². The van der Waals surface area contributed by atoms with Gasteiger partial charge in [-0.3, -0.25) is 0 Å². The van der Waals surface area contributed by atoms with Crippen LogP contribution in [0.3, 0.4) is 0 Å². The van der Waals surface area contributed by atoms with Crippen LogP contribution in [0.25, 0.3) is 4.13 Å². The Morgan fingerprint density at radius 1 is 0.647 bits per heavy atom. The summed E-state index contributed by atoms with van der Waals surface area (Å²) in [7, 11) is -12.6. The minimum atomic E-state index is -6.72. The summed E-state index contributed by atoms with van der Waals surface area (Å²) in [6, 6.07) is 0. The molecule has 208 valence electrons. The van der Waals surface area contributed by atoms with Crippen molar-refractivity contribution in [2.45, 2.75) is 31.8 Å². The topological polar surface area (TPSA) is 119 Å². The Hall–Kier alpha value is -0.290. The molecular weight excluding hydrogens is 543 g/mol. The number of alkyl halides is 6. The lowest BCUT2D eigenvalue weighted by molar-refractivity contribution is -0.0444. The van der Waals surface area contributed by atoms with Gasteiger partial charge in [-0.25, -0.2) is 16.8 Å². The number of methoxy groups -OCH3 is 1. The molecule has 0 rings (SSSR count). The molecule has 0 heterocycles. The highest BCUT2D eigenvalue weighted by molar-refractivity contribution is 8.13. The minimum Gasteiger partial charge on any atom is -0.421 e. The Morgan fingerprint density at radius 3 is 1.26 bits per heavy atom. The first-order valence-electron chi connectivity index (χ1n) is 9.89. The molecule has 0 saturated carbocycles. The highest BCUT2D eigenvalue weighted by Gasteiger charge is 2.46. The first-order valence-corrected chi connectivity index (χ1v) is 15.3. The van der Waals surface area contributed by atoms with Gasteiger partial charge in [-0.2, -0.15) is 26.3 Å². The second-order valence-corrected chi connectivity index (χ2v) is 14.7. The van der Waals surface area contributed by atoms with E-state index in [4.69, 9.17) is 18.9 Å². The van der Waals surface area contributed by atoms with Crippen LogP contribution < -0.4 is 0 Å². The van der Waals surface area contributed by atoms with Crippen molar-refractivity contribution in [1.82, 2.24) is 0 Å². The zero-order valence-corrected chi connectivity index (χ0v) is 21.8. The molecule has 9 nitrogen and oxygen atoms in total. The number of halogens is 6. The monoisotopic (exact) mass is 575 g/mol. The molecule has 0 aliphatic carbocycles. The van der Waals surface area contributed by atoms with E-state index in [0.717, 1.165) is 10.5 Å². The summed E-state index contributed by atoms with van der Waals surface area (Å²) >= 11 is 0. The molecule has 0 unspecified atom stereocenters. The number of nitrogens with zero attached hydrogens (tertiary/aromatic N) is 1. The van der Waals surface area contributed by atoms with Gasteiger partial charge in [0.2, 0.25) is 0 Å². The molecule has 0 atom stereocenters. The third kappa shape index (κ3) is 14.3. The van der Waals surface area contributed by atoms with Crippen molar-refractivity contribution in [2.75, 3.05) is 71.6 Å². The molecule has 0 amide bonds. The van der Waals surface area contributed by atoms with Crippen LogP contribution in [0.15, 0.2) is 0 Å². The zero-order chi connectivity index (χ0) is 27.1. The number of hydrogen-bond donors (Lipinski definition) is 0. The average Bonchev–Trinajstić information content (AvgIpc) is 2.71. The number of sulfonamides is 2. The summed E-state index contributed by atoms with van der Waals surface area (Å²) in [4.78, 5) is 0. The molecule has 34 heavy (non-hydrogen) atoms. The molecule has 0 radical (unpaired) electrons. The molecule has 0 fully saturated rings. The minimum absolute atomic E-state index is 0.624. The molecule has 0 aromatic rings. The summed E-state index contributed by atoms with van der Waals surface area (Å²) in [5.74, 6) is 0. The second-order valence-electron chi connectivity index (χ2n) is 6.46. The molecule has 0 aromatic heterocycles. The predicted octanol–water partition coefficient (Wildman–Crippen LogP) is 3.78. The normalized spacial score (nSPS) is 13.5. The lowest BCUT2D eigenvalue weighted by atomic mass is 10.7. The molecule has 0 aliphatic rings. The Morgan fingerprint density at radius 2 is 0.971 bits per heavy atom. The van der Waals surface area contributed by atoms with E-state index in [1.807, 2.05) is 0 Å². The Labute approximate surface area is 197 Å². The van der Waals surface area contributed by atoms with Crippen LogP contribution in [-0.4, -0.2) is 99.4 Å². The van der Waals surface area contributed by atoms with E-state index >= 15 is 0 Å². The van der Waals surface area contributed by atoms with Crippen molar-refractivity contribution in [3.8, 4) is 0 Å². The third-order valence-corrected chi connectivity index (χ3v) is 11.8. The highest BCUT2D eigenvalue weighted by atomic mass is 32.3. The first kappa shape index (κ1) is 35.9. The SMILES string of the molecule is CC[P+](CC)(CC)COCCOCCOCCOC.O=S(=O)([N-]S(=O)(=O)C(F)(F)F)C(F)(F)F. The van der Waals surface area contributed by atoms with E-state index in [-0.39, 0.29) is 0 Å². The fraction of sp³-hybridized carbons (Fsp3) is 1.00. The third-order valence-electron chi connectivity index (χ3n) is 4.33. The van der Waals surface area contributed by atoms with E-state index in [0.29, 0.717) is 39.6 Å². The van der Waals surface area contributed by atoms with Crippen LogP contribution in [0.1, 0.15) is 20.8 Å². The van der Waals surface area contributed by atoms with Gasteiger partial charge in [-0.15, -0.1) is 0 Å². The lowest BCUT2D eigenvalue weighted by Crippen LogP contribution is -2.30. The number of hydrogen-bond acceptors (Lipinski definition) is 8. The maximum atomic E-state index is 11.4. The van der Waals surface area contributed by atoms with Crippen LogP contribution in [0.4, 0.5) is 26.3 Å². The average molecular weight is 576 g/mol. The predicted molar refractivity (Wildman–Crippen MR) is 116 cm³/mol. The smallest absolute Gasteiger partial charge is 0.421 e. The largest absolute Gasteiger partial charge is 0.480 e. The highest BCUT2D eigenvalue weighted by Crippen LogP contribution is 2.57. The zero-order valence-electron chi connectivity index (χ0n) is 19.3. The van der Waals surface area contributed by atoms with Crippen LogP contribution in [0, 0.1) is 0 Å². The standard InChI is InChI=1S/C14H32O4P.C2F6NO4S2/c1-5-19(6-2,7-3)14-18-13-12-17-11-10-16-9-8-15-4;3-1(4,5)14(10,11)9-15(12,13)2(6,7)8/h5-14H2,1-4H3;/q+1;-1. The first-order chi connectivity index (χ1) is 15.4. The van der Waals surface area contributed by atoms with Gasteiger partial charge in [0.1, 0.15) is 0 Å². The molecule has 0 aliphatic heterocycles. The fourth-order valence-corrected chi connectivity index (χ4v) is 6.11. The van der Waals surface area contributed by atoms with E-state index in [2.05, 4.69) is 20.8 Å². The molecule has 0 aromatic carbocycles. The van der Waals surface area contributed by atoms with Crippen LogP contribution in [0.5, 0.6) is 0 Å².